The highest BCUT2D eigenvalue weighted by atomic mass is 16.6. The number of carbonyl (C=O) groups is 1. The standard InChI is InChI=1S/C28H32O5/c1-31-23-10-6-19(7-11-23)17-21-14-16-27(25(21)29)18-22-5-3-4-15-28(22,30)33-26(27)20-8-12-24(32-2)13-9-20/h6-13,17,22,26,30H,3-5,14-16,18H2,1-2H3/b21-17+/t22?,26?,27?,28-/m1/s1. The van der Waals surface area contributed by atoms with Gasteiger partial charge in [0, 0.05) is 12.3 Å². The molecule has 0 aromatic heterocycles. The number of methoxy groups -OCH3 is 2. The van der Waals surface area contributed by atoms with Gasteiger partial charge in [-0.25, -0.2) is 0 Å². The monoisotopic (exact) mass is 448 g/mol. The van der Waals surface area contributed by atoms with E-state index < -0.39 is 17.3 Å². The first-order chi connectivity index (χ1) is 16.0. The molecule has 5 heteroatoms. The van der Waals surface area contributed by atoms with Gasteiger partial charge in [0.25, 0.3) is 0 Å². The van der Waals surface area contributed by atoms with Crippen LogP contribution in [0.2, 0.25) is 0 Å². The number of rotatable bonds is 4. The maximum Gasteiger partial charge on any atom is 0.169 e. The van der Waals surface area contributed by atoms with E-state index in [2.05, 4.69) is 0 Å². The van der Waals surface area contributed by atoms with Crippen molar-refractivity contribution in [1.29, 1.82) is 0 Å². The topological polar surface area (TPSA) is 65.0 Å². The fourth-order valence-electron chi connectivity index (χ4n) is 6.03. The third kappa shape index (κ3) is 3.87. The predicted molar refractivity (Wildman–Crippen MR) is 126 cm³/mol. The predicted octanol–water partition coefficient (Wildman–Crippen LogP) is 5.48. The van der Waals surface area contributed by atoms with Crippen LogP contribution in [0.15, 0.2) is 54.1 Å². The van der Waals surface area contributed by atoms with Crippen LogP contribution in [0, 0.1) is 11.3 Å². The molecule has 2 aromatic rings. The molecular formula is C28H32O5. The van der Waals surface area contributed by atoms with Crippen LogP contribution in [-0.4, -0.2) is 30.9 Å². The van der Waals surface area contributed by atoms with Crippen molar-refractivity contribution in [2.75, 3.05) is 14.2 Å². The fraction of sp³-hybridized carbons (Fsp3) is 0.464. The van der Waals surface area contributed by atoms with Gasteiger partial charge in [-0.15, -0.1) is 0 Å². The molecule has 5 rings (SSSR count). The largest absolute Gasteiger partial charge is 0.497 e. The molecule has 1 N–H and O–H groups in total. The maximum atomic E-state index is 14.0. The van der Waals surface area contributed by atoms with Crippen molar-refractivity contribution in [3.8, 4) is 11.5 Å². The molecule has 2 aliphatic carbocycles. The minimum Gasteiger partial charge on any atom is -0.497 e. The summed E-state index contributed by atoms with van der Waals surface area (Å²) in [5, 5.41) is 11.4. The highest BCUT2D eigenvalue weighted by Crippen LogP contribution is 2.61. The number of Topliss-reactive ketones (excluding diaryl/α,β-unsaturated/α-hetero) is 1. The van der Waals surface area contributed by atoms with E-state index in [9.17, 15) is 9.90 Å². The summed E-state index contributed by atoms with van der Waals surface area (Å²) >= 11 is 0. The second-order valence-electron chi connectivity index (χ2n) is 9.69. The second-order valence-corrected chi connectivity index (χ2v) is 9.69. The Morgan fingerprint density at radius 1 is 0.970 bits per heavy atom. The van der Waals surface area contributed by atoms with Crippen LogP contribution < -0.4 is 9.47 Å². The van der Waals surface area contributed by atoms with Crippen molar-refractivity contribution in [2.45, 2.75) is 56.8 Å². The van der Waals surface area contributed by atoms with Gasteiger partial charge in [-0.3, -0.25) is 4.79 Å². The molecule has 0 bridgehead atoms. The average Bonchev–Trinajstić information content (AvgIpc) is 3.15. The first-order valence-corrected chi connectivity index (χ1v) is 11.9. The Morgan fingerprint density at radius 3 is 2.30 bits per heavy atom. The van der Waals surface area contributed by atoms with Crippen LogP contribution in [0.25, 0.3) is 6.08 Å². The summed E-state index contributed by atoms with van der Waals surface area (Å²) in [6.07, 6.45) is 7.19. The van der Waals surface area contributed by atoms with E-state index >= 15 is 0 Å². The molecule has 0 radical (unpaired) electrons. The zero-order chi connectivity index (χ0) is 23.1. The molecule has 0 amide bonds. The molecule has 2 aromatic carbocycles. The van der Waals surface area contributed by atoms with Crippen LogP contribution in [0.1, 0.15) is 62.2 Å². The maximum absolute atomic E-state index is 14.0. The van der Waals surface area contributed by atoms with Gasteiger partial charge in [0.1, 0.15) is 11.5 Å². The zero-order valence-corrected chi connectivity index (χ0v) is 19.4. The molecule has 2 saturated carbocycles. The lowest BCUT2D eigenvalue weighted by Gasteiger charge is -2.53. The van der Waals surface area contributed by atoms with Crippen molar-refractivity contribution in [2.24, 2.45) is 11.3 Å². The van der Waals surface area contributed by atoms with E-state index in [0.717, 1.165) is 53.9 Å². The van der Waals surface area contributed by atoms with Gasteiger partial charge in [-0.05, 0) is 79.1 Å². The van der Waals surface area contributed by atoms with Crippen molar-refractivity contribution in [1.82, 2.24) is 0 Å². The Morgan fingerprint density at radius 2 is 1.64 bits per heavy atom. The summed E-state index contributed by atoms with van der Waals surface area (Å²) in [6.45, 7) is 0. The Labute approximate surface area is 195 Å². The minimum atomic E-state index is -1.16. The fourth-order valence-corrected chi connectivity index (χ4v) is 6.03. The van der Waals surface area contributed by atoms with E-state index in [1.807, 2.05) is 54.6 Å². The number of allylic oxidation sites excluding steroid dienone is 1. The highest BCUT2D eigenvalue weighted by Gasteiger charge is 2.61. The first kappa shape index (κ1) is 22.2. The van der Waals surface area contributed by atoms with E-state index in [-0.39, 0.29) is 11.7 Å². The molecule has 4 atom stereocenters. The molecule has 1 spiro atoms. The van der Waals surface area contributed by atoms with Crippen molar-refractivity contribution < 1.29 is 24.1 Å². The van der Waals surface area contributed by atoms with Gasteiger partial charge < -0.3 is 19.3 Å². The van der Waals surface area contributed by atoms with E-state index in [0.29, 0.717) is 19.3 Å². The van der Waals surface area contributed by atoms with Crippen LogP contribution in [0.5, 0.6) is 11.5 Å². The van der Waals surface area contributed by atoms with Crippen molar-refractivity contribution in [3.63, 3.8) is 0 Å². The van der Waals surface area contributed by atoms with Gasteiger partial charge >= 0.3 is 0 Å². The number of hydrogen-bond acceptors (Lipinski definition) is 5. The summed E-state index contributed by atoms with van der Waals surface area (Å²) in [5.41, 5.74) is 2.10. The Bertz CT molecular complexity index is 1040. The first-order valence-electron chi connectivity index (χ1n) is 11.9. The molecule has 33 heavy (non-hydrogen) atoms. The lowest BCUT2D eigenvalue weighted by Crippen LogP contribution is -2.55. The van der Waals surface area contributed by atoms with Gasteiger partial charge in [0.15, 0.2) is 11.6 Å². The normalized spacial score (nSPS) is 32.7. The summed E-state index contributed by atoms with van der Waals surface area (Å²) in [4.78, 5) is 14.0. The SMILES string of the molecule is COc1ccc(/C=C2\CCC3(CC4CCCC[C@@]4(O)OC3c3ccc(OC)cc3)C2=O)cc1. The third-order valence-corrected chi connectivity index (χ3v) is 7.87. The van der Waals surface area contributed by atoms with E-state index in [1.54, 1.807) is 14.2 Å². The number of fused-ring (bicyclic) bond motifs is 1. The van der Waals surface area contributed by atoms with Crippen molar-refractivity contribution in [3.05, 3.63) is 65.2 Å². The van der Waals surface area contributed by atoms with Crippen LogP contribution >= 0.6 is 0 Å². The quantitative estimate of drug-likeness (QED) is 0.628. The minimum absolute atomic E-state index is 0.00923. The molecule has 1 saturated heterocycles. The number of ether oxygens (including phenoxy) is 3. The molecule has 5 nitrogen and oxygen atoms in total. The number of ketones is 1. The molecule has 3 aliphatic rings. The Balaban J connectivity index is 1.52. The van der Waals surface area contributed by atoms with Gasteiger partial charge in [-0.1, -0.05) is 30.7 Å². The molecule has 174 valence electrons. The van der Waals surface area contributed by atoms with Crippen LogP contribution in [-0.2, 0) is 9.53 Å². The number of hydrogen-bond donors (Lipinski definition) is 1. The summed E-state index contributed by atoms with van der Waals surface area (Å²) in [5.74, 6) is 0.548. The lowest BCUT2D eigenvalue weighted by molar-refractivity contribution is -0.323. The summed E-state index contributed by atoms with van der Waals surface area (Å²) in [6, 6.07) is 15.5. The number of aliphatic hydroxyl groups is 1. The van der Waals surface area contributed by atoms with Crippen LogP contribution in [0.4, 0.5) is 0 Å². The molecule has 3 unspecified atom stereocenters. The van der Waals surface area contributed by atoms with E-state index in [1.165, 1.54) is 0 Å². The smallest absolute Gasteiger partial charge is 0.169 e. The summed E-state index contributed by atoms with van der Waals surface area (Å²) < 4.78 is 17.1. The second kappa shape index (κ2) is 8.62. The van der Waals surface area contributed by atoms with Gasteiger partial charge in [-0.2, -0.15) is 0 Å². The van der Waals surface area contributed by atoms with E-state index in [4.69, 9.17) is 14.2 Å². The third-order valence-electron chi connectivity index (χ3n) is 7.87. The Hall–Kier alpha value is -2.63. The number of benzene rings is 2. The molecule has 1 aliphatic heterocycles. The zero-order valence-electron chi connectivity index (χ0n) is 19.4. The van der Waals surface area contributed by atoms with Crippen LogP contribution in [0.3, 0.4) is 0 Å². The van der Waals surface area contributed by atoms with Crippen molar-refractivity contribution >= 4 is 11.9 Å². The summed E-state index contributed by atoms with van der Waals surface area (Å²) in [7, 11) is 3.28. The molecule has 1 heterocycles. The van der Waals surface area contributed by atoms with Gasteiger partial charge in [0.05, 0.1) is 25.7 Å². The number of carbonyl (C=O) groups excluding carboxylic acids is 1. The Kier molecular flexibility index (Phi) is 5.79. The molecular weight excluding hydrogens is 416 g/mol. The average molecular weight is 449 g/mol. The van der Waals surface area contributed by atoms with Gasteiger partial charge in [0.2, 0.25) is 0 Å². The highest BCUT2D eigenvalue weighted by molar-refractivity contribution is 6.06. The lowest BCUT2D eigenvalue weighted by atomic mass is 9.63. The molecule has 3 fully saturated rings.